The molecule has 0 radical (unpaired) electrons. The lowest BCUT2D eigenvalue weighted by molar-refractivity contribution is 0.100. The van der Waals surface area contributed by atoms with Crippen LogP contribution in [0.4, 0.5) is 11.4 Å². The van der Waals surface area contributed by atoms with Gasteiger partial charge in [0.25, 0.3) is 0 Å². The molecule has 0 bridgehead atoms. The first kappa shape index (κ1) is 15.2. The number of anilines is 1. The van der Waals surface area contributed by atoms with Crippen LogP contribution in [0.3, 0.4) is 0 Å². The Bertz CT molecular complexity index is 634. The molecule has 2 aromatic rings. The molecule has 0 amide bonds. The van der Waals surface area contributed by atoms with Crippen molar-refractivity contribution in [2.75, 3.05) is 19.0 Å². The van der Waals surface area contributed by atoms with E-state index in [1.165, 1.54) is 6.20 Å². The second kappa shape index (κ2) is 6.99. The number of pyridine rings is 1. The highest BCUT2D eigenvalue weighted by atomic mass is 35.5. The number of aromatic nitrogens is 1. The van der Waals surface area contributed by atoms with E-state index in [-0.39, 0.29) is 12.2 Å². The normalized spacial score (nSPS) is 10.8. The number of ketones is 1. The van der Waals surface area contributed by atoms with Gasteiger partial charge in [-0.15, -0.1) is 0 Å². The number of rotatable bonds is 5. The highest BCUT2D eigenvalue weighted by Gasteiger charge is 2.04. The number of benzene rings is 1. The van der Waals surface area contributed by atoms with Crippen LogP contribution < -0.4 is 4.90 Å². The highest BCUT2D eigenvalue weighted by molar-refractivity contribution is 6.29. The number of Topliss-reactive ketones (excluding diaryl/α,β-unsaturated/α-hetero) is 1. The lowest BCUT2D eigenvalue weighted by atomic mass is 10.1. The van der Waals surface area contributed by atoms with Crippen molar-refractivity contribution in [1.29, 1.82) is 0 Å². The molecule has 0 aliphatic heterocycles. The number of carbonyl (C=O) groups excluding carboxylic acids is 1. The second-order valence-corrected chi connectivity index (χ2v) is 5.11. The van der Waals surface area contributed by atoms with Gasteiger partial charge in [-0.3, -0.25) is 9.79 Å². The van der Waals surface area contributed by atoms with Gasteiger partial charge in [-0.25, -0.2) is 4.98 Å². The molecule has 0 saturated heterocycles. The molecule has 1 aromatic carbocycles. The maximum atomic E-state index is 11.9. The first-order chi connectivity index (χ1) is 10.1. The summed E-state index contributed by atoms with van der Waals surface area (Å²) in [4.78, 5) is 22.1. The molecule has 2 rings (SSSR count). The molecule has 0 spiro atoms. The van der Waals surface area contributed by atoms with E-state index in [9.17, 15) is 4.79 Å². The van der Waals surface area contributed by atoms with Crippen molar-refractivity contribution in [2.45, 2.75) is 6.42 Å². The lowest BCUT2D eigenvalue weighted by Gasteiger charge is -2.11. The minimum Gasteiger partial charge on any atom is -0.378 e. The van der Waals surface area contributed by atoms with Crippen LogP contribution in [-0.4, -0.2) is 31.1 Å². The topological polar surface area (TPSA) is 45.6 Å². The molecule has 0 fully saturated rings. The largest absolute Gasteiger partial charge is 0.378 e. The molecule has 0 aliphatic rings. The average Bonchev–Trinajstić information content (AvgIpc) is 2.48. The predicted octanol–water partition coefficient (Wildman–Crippen LogP) is 3.78. The van der Waals surface area contributed by atoms with Crippen LogP contribution in [0.5, 0.6) is 0 Å². The fourth-order valence-corrected chi connectivity index (χ4v) is 1.84. The predicted molar refractivity (Wildman–Crippen MR) is 87.1 cm³/mol. The minimum atomic E-state index is -0.0344. The Kier molecular flexibility index (Phi) is 5.06. The second-order valence-electron chi connectivity index (χ2n) is 4.72. The summed E-state index contributed by atoms with van der Waals surface area (Å²) in [6, 6.07) is 11.1. The molecular weight excluding hydrogens is 286 g/mol. The first-order valence-corrected chi connectivity index (χ1v) is 6.89. The van der Waals surface area contributed by atoms with Crippen molar-refractivity contribution in [3.63, 3.8) is 0 Å². The molecule has 1 heterocycles. The smallest absolute Gasteiger partial charge is 0.169 e. The molecule has 108 valence electrons. The van der Waals surface area contributed by atoms with Crippen molar-refractivity contribution in [1.82, 2.24) is 4.98 Å². The van der Waals surface area contributed by atoms with E-state index in [1.54, 1.807) is 18.3 Å². The minimum absolute atomic E-state index is 0.0344. The van der Waals surface area contributed by atoms with Gasteiger partial charge in [-0.2, -0.15) is 0 Å². The molecule has 1 aromatic heterocycles. The standard InChI is InChI=1S/C16H16ClN3O/c1-20(2)14-6-4-13(5-7-14)18-10-9-15(21)12-3-8-16(17)19-11-12/h3-8,10-11H,9H2,1-2H3. The molecule has 0 aliphatic carbocycles. The van der Waals surface area contributed by atoms with Crippen LogP contribution >= 0.6 is 11.6 Å². The fraction of sp³-hybridized carbons (Fsp3) is 0.188. The Morgan fingerprint density at radius 2 is 1.95 bits per heavy atom. The lowest BCUT2D eigenvalue weighted by Crippen LogP contribution is -2.07. The van der Waals surface area contributed by atoms with E-state index in [0.717, 1.165) is 11.4 Å². The first-order valence-electron chi connectivity index (χ1n) is 6.51. The highest BCUT2D eigenvalue weighted by Crippen LogP contribution is 2.17. The summed E-state index contributed by atoms with van der Waals surface area (Å²) in [6.45, 7) is 0. The third kappa shape index (κ3) is 4.39. The van der Waals surface area contributed by atoms with Gasteiger partial charge in [0.1, 0.15) is 5.15 Å². The quantitative estimate of drug-likeness (QED) is 0.480. The summed E-state index contributed by atoms with van der Waals surface area (Å²) >= 11 is 5.68. The SMILES string of the molecule is CN(C)c1ccc(N=CCC(=O)c2ccc(Cl)nc2)cc1. The molecule has 0 unspecified atom stereocenters. The fourth-order valence-electron chi connectivity index (χ4n) is 1.73. The van der Waals surface area contributed by atoms with Crippen molar-refractivity contribution >= 4 is 35.0 Å². The summed E-state index contributed by atoms with van der Waals surface area (Å²) in [5.74, 6) is -0.0344. The van der Waals surface area contributed by atoms with Crippen LogP contribution in [0.1, 0.15) is 16.8 Å². The monoisotopic (exact) mass is 301 g/mol. The van der Waals surface area contributed by atoms with Crippen molar-refractivity contribution in [2.24, 2.45) is 4.99 Å². The number of nitrogens with zero attached hydrogens (tertiary/aromatic N) is 3. The molecule has 5 heteroatoms. The molecular formula is C16H16ClN3O. The Hall–Kier alpha value is -2.20. The zero-order chi connectivity index (χ0) is 15.2. The Balaban J connectivity index is 1.95. The number of aliphatic imine (C=N–C) groups is 1. The number of halogens is 1. The van der Waals surface area contributed by atoms with Gasteiger partial charge in [0.05, 0.1) is 5.69 Å². The Labute approximate surface area is 129 Å². The molecule has 0 atom stereocenters. The van der Waals surface area contributed by atoms with Crippen molar-refractivity contribution in [3.8, 4) is 0 Å². The number of carbonyl (C=O) groups is 1. The van der Waals surface area contributed by atoms with E-state index in [2.05, 4.69) is 9.98 Å². The van der Waals surface area contributed by atoms with Gasteiger partial charge in [-0.1, -0.05) is 11.6 Å². The number of hydrogen-bond acceptors (Lipinski definition) is 4. The van der Waals surface area contributed by atoms with Crippen LogP contribution in [-0.2, 0) is 0 Å². The Morgan fingerprint density at radius 3 is 2.52 bits per heavy atom. The summed E-state index contributed by atoms with van der Waals surface area (Å²) in [7, 11) is 3.97. The van der Waals surface area contributed by atoms with Gasteiger partial charge in [0.2, 0.25) is 0 Å². The van der Waals surface area contributed by atoms with E-state index >= 15 is 0 Å². The molecule has 4 nitrogen and oxygen atoms in total. The van der Waals surface area contributed by atoms with Crippen LogP contribution in [0.2, 0.25) is 5.15 Å². The summed E-state index contributed by atoms with van der Waals surface area (Å²) in [6.07, 6.45) is 3.32. The van der Waals surface area contributed by atoms with Gasteiger partial charge in [0, 0.05) is 44.2 Å². The van der Waals surface area contributed by atoms with Gasteiger partial charge in [0.15, 0.2) is 5.78 Å². The van der Waals surface area contributed by atoms with Crippen molar-refractivity contribution in [3.05, 3.63) is 53.3 Å². The summed E-state index contributed by atoms with van der Waals surface area (Å²) < 4.78 is 0. The van der Waals surface area contributed by atoms with E-state index in [4.69, 9.17) is 11.6 Å². The zero-order valence-corrected chi connectivity index (χ0v) is 12.7. The summed E-state index contributed by atoms with van der Waals surface area (Å²) in [5, 5.41) is 0.376. The number of hydrogen-bond donors (Lipinski definition) is 0. The maximum Gasteiger partial charge on any atom is 0.169 e. The van der Waals surface area contributed by atoms with Crippen LogP contribution in [0.15, 0.2) is 47.6 Å². The van der Waals surface area contributed by atoms with Gasteiger partial charge < -0.3 is 4.90 Å². The van der Waals surface area contributed by atoms with Gasteiger partial charge >= 0.3 is 0 Å². The van der Waals surface area contributed by atoms with Crippen LogP contribution in [0, 0.1) is 0 Å². The van der Waals surface area contributed by atoms with Gasteiger partial charge in [-0.05, 0) is 36.4 Å². The summed E-state index contributed by atoms with van der Waals surface area (Å²) in [5.41, 5.74) is 2.47. The third-order valence-corrected chi connectivity index (χ3v) is 3.16. The van der Waals surface area contributed by atoms with Crippen molar-refractivity contribution < 1.29 is 4.79 Å². The average molecular weight is 302 g/mol. The zero-order valence-electron chi connectivity index (χ0n) is 12.0. The molecule has 21 heavy (non-hydrogen) atoms. The van der Waals surface area contributed by atoms with E-state index < -0.39 is 0 Å². The molecule has 0 saturated carbocycles. The Morgan fingerprint density at radius 1 is 1.24 bits per heavy atom. The van der Waals surface area contributed by atoms with E-state index in [0.29, 0.717) is 10.7 Å². The maximum absolute atomic E-state index is 11.9. The third-order valence-electron chi connectivity index (χ3n) is 2.93. The van der Waals surface area contributed by atoms with E-state index in [1.807, 2.05) is 43.3 Å². The van der Waals surface area contributed by atoms with Crippen LogP contribution in [0.25, 0.3) is 0 Å². The molecule has 0 N–H and O–H groups in total.